The highest BCUT2D eigenvalue weighted by Gasteiger charge is 2.31. The van der Waals surface area contributed by atoms with Gasteiger partial charge < -0.3 is 9.64 Å². The smallest absolute Gasteiger partial charge is 0.255 e. The third-order valence-corrected chi connectivity index (χ3v) is 4.00. The van der Waals surface area contributed by atoms with E-state index in [1.807, 2.05) is 13.8 Å². The van der Waals surface area contributed by atoms with Gasteiger partial charge in [0.1, 0.15) is 5.82 Å². The van der Waals surface area contributed by atoms with Crippen LogP contribution >= 0.6 is 22.6 Å². The number of amides is 1. The van der Waals surface area contributed by atoms with Crippen LogP contribution in [0.2, 0.25) is 0 Å². The molecule has 1 aromatic carbocycles. The highest BCUT2D eigenvalue weighted by molar-refractivity contribution is 14.1. The quantitative estimate of drug-likeness (QED) is 0.719. The first-order chi connectivity index (χ1) is 8.50. The molecule has 18 heavy (non-hydrogen) atoms. The summed E-state index contributed by atoms with van der Waals surface area (Å²) in [6, 6.07) is 4.32. The molecular weight excluding hydrogens is 348 g/mol. The van der Waals surface area contributed by atoms with Gasteiger partial charge in [-0.2, -0.15) is 0 Å². The molecule has 1 fully saturated rings. The summed E-state index contributed by atoms with van der Waals surface area (Å²) in [5.74, 6) is -0.505. The number of morpholine rings is 1. The fraction of sp³-hybridized carbons (Fsp3) is 0.462. The average Bonchev–Trinajstić information content (AvgIpc) is 2.32. The highest BCUT2D eigenvalue weighted by atomic mass is 127. The number of benzene rings is 1. The summed E-state index contributed by atoms with van der Waals surface area (Å²) in [5.41, 5.74) is 0.427. The molecule has 1 heterocycles. The second-order valence-electron chi connectivity index (χ2n) is 4.57. The van der Waals surface area contributed by atoms with Gasteiger partial charge in [0.05, 0.1) is 30.9 Å². The van der Waals surface area contributed by atoms with Gasteiger partial charge in [-0.1, -0.05) is 0 Å². The van der Waals surface area contributed by atoms with Crippen LogP contribution in [0, 0.1) is 9.39 Å². The first kappa shape index (κ1) is 13.7. The standard InChI is InChI=1S/C13H15FINO2/c1-8-6-18-7-9(2)16(8)13(17)11-5-10(14)3-4-12(11)15/h3-5,8-9H,6-7H2,1-2H3/t8-,9-/m1/s1. The third kappa shape index (κ3) is 2.66. The molecule has 0 N–H and O–H groups in total. The van der Waals surface area contributed by atoms with Gasteiger partial charge in [-0.15, -0.1) is 0 Å². The Labute approximate surface area is 119 Å². The van der Waals surface area contributed by atoms with Gasteiger partial charge in [0, 0.05) is 3.57 Å². The Morgan fingerprint density at radius 3 is 2.61 bits per heavy atom. The summed E-state index contributed by atoms with van der Waals surface area (Å²) in [7, 11) is 0. The SMILES string of the molecule is C[C@@H]1COC[C@@H](C)N1C(=O)c1cc(F)ccc1I. The summed E-state index contributed by atoms with van der Waals surface area (Å²) in [5, 5.41) is 0. The second kappa shape index (κ2) is 5.52. The summed E-state index contributed by atoms with van der Waals surface area (Å²) in [6.07, 6.45) is 0. The van der Waals surface area contributed by atoms with Crippen LogP contribution in [0.5, 0.6) is 0 Å². The molecular formula is C13H15FINO2. The molecule has 0 bridgehead atoms. The van der Waals surface area contributed by atoms with Crippen LogP contribution < -0.4 is 0 Å². The maximum Gasteiger partial charge on any atom is 0.255 e. The molecule has 98 valence electrons. The normalized spacial score (nSPS) is 24.1. The van der Waals surface area contributed by atoms with Crippen molar-refractivity contribution in [3.05, 3.63) is 33.1 Å². The topological polar surface area (TPSA) is 29.5 Å². The number of hydrogen-bond donors (Lipinski definition) is 0. The first-order valence-electron chi connectivity index (χ1n) is 5.86. The molecule has 1 saturated heterocycles. The zero-order chi connectivity index (χ0) is 13.3. The number of carbonyl (C=O) groups excluding carboxylic acids is 1. The number of ether oxygens (including phenoxy) is 1. The van der Waals surface area contributed by atoms with Crippen molar-refractivity contribution in [1.29, 1.82) is 0 Å². The van der Waals surface area contributed by atoms with Gasteiger partial charge in [0.2, 0.25) is 0 Å². The Bertz CT molecular complexity index is 456. The monoisotopic (exact) mass is 363 g/mol. The molecule has 0 unspecified atom stereocenters. The van der Waals surface area contributed by atoms with Crippen LogP contribution in [0.4, 0.5) is 4.39 Å². The Morgan fingerprint density at radius 2 is 2.00 bits per heavy atom. The predicted octanol–water partition coefficient (Wildman–Crippen LogP) is 2.68. The molecule has 0 spiro atoms. The van der Waals surface area contributed by atoms with Crippen molar-refractivity contribution in [3.63, 3.8) is 0 Å². The molecule has 2 rings (SSSR count). The van der Waals surface area contributed by atoms with Gasteiger partial charge >= 0.3 is 0 Å². The molecule has 0 aliphatic carbocycles. The number of halogens is 2. The van der Waals surface area contributed by atoms with Crippen molar-refractivity contribution in [2.45, 2.75) is 25.9 Å². The van der Waals surface area contributed by atoms with E-state index in [4.69, 9.17) is 4.74 Å². The van der Waals surface area contributed by atoms with Crippen molar-refractivity contribution < 1.29 is 13.9 Å². The molecule has 3 nitrogen and oxygen atoms in total. The van der Waals surface area contributed by atoms with E-state index in [9.17, 15) is 9.18 Å². The minimum absolute atomic E-state index is 0.0142. The third-order valence-electron chi connectivity index (χ3n) is 3.06. The number of hydrogen-bond acceptors (Lipinski definition) is 2. The van der Waals surface area contributed by atoms with E-state index >= 15 is 0 Å². The lowest BCUT2D eigenvalue weighted by atomic mass is 10.1. The zero-order valence-corrected chi connectivity index (χ0v) is 12.5. The maximum atomic E-state index is 13.3. The van der Waals surface area contributed by atoms with Crippen molar-refractivity contribution in [2.75, 3.05) is 13.2 Å². The zero-order valence-electron chi connectivity index (χ0n) is 10.3. The van der Waals surface area contributed by atoms with Crippen LogP contribution in [0.3, 0.4) is 0 Å². The van der Waals surface area contributed by atoms with E-state index in [0.717, 1.165) is 3.57 Å². The van der Waals surface area contributed by atoms with E-state index in [1.54, 1.807) is 11.0 Å². The van der Waals surface area contributed by atoms with E-state index in [1.165, 1.54) is 12.1 Å². The summed E-state index contributed by atoms with van der Waals surface area (Å²) >= 11 is 2.06. The van der Waals surface area contributed by atoms with Gasteiger partial charge in [-0.25, -0.2) is 4.39 Å². The molecule has 1 aliphatic heterocycles. The number of rotatable bonds is 1. The average molecular weight is 363 g/mol. The molecule has 1 aromatic rings. The van der Waals surface area contributed by atoms with Gasteiger partial charge in [-0.05, 0) is 54.6 Å². The highest BCUT2D eigenvalue weighted by Crippen LogP contribution is 2.21. The lowest BCUT2D eigenvalue weighted by Gasteiger charge is -2.39. The first-order valence-corrected chi connectivity index (χ1v) is 6.94. The van der Waals surface area contributed by atoms with Crippen molar-refractivity contribution in [1.82, 2.24) is 4.90 Å². The molecule has 1 aliphatic rings. The van der Waals surface area contributed by atoms with Crippen LogP contribution in [0.15, 0.2) is 18.2 Å². The van der Waals surface area contributed by atoms with Gasteiger partial charge in [0.15, 0.2) is 0 Å². The molecule has 1 amide bonds. The summed E-state index contributed by atoms with van der Waals surface area (Å²) < 4.78 is 19.4. The van der Waals surface area contributed by atoms with Crippen molar-refractivity contribution in [2.24, 2.45) is 0 Å². The Hall–Kier alpha value is -0.690. The number of carbonyl (C=O) groups is 1. The molecule has 0 aromatic heterocycles. The van der Waals surface area contributed by atoms with Gasteiger partial charge in [0.25, 0.3) is 5.91 Å². The molecule has 0 radical (unpaired) electrons. The van der Waals surface area contributed by atoms with Gasteiger partial charge in [-0.3, -0.25) is 4.79 Å². The van der Waals surface area contributed by atoms with E-state index < -0.39 is 0 Å². The van der Waals surface area contributed by atoms with E-state index in [0.29, 0.717) is 18.8 Å². The van der Waals surface area contributed by atoms with Crippen LogP contribution in [0.25, 0.3) is 0 Å². The Kier molecular flexibility index (Phi) is 4.21. The Morgan fingerprint density at radius 1 is 1.39 bits per heavy atom. The van der Waals surface area contributed by atoms with E-state index in [2.05, 4.69) is 22.6 Å². The minimum atomic E-state index is -0.382. The Balaban J connectivity index is 2.32. The summed E-state index contributed by atoms with van der Waals surface area (Å²) in [4.78, 5) is 14.3. The fourth-order valence-corrected chi connectivity index (χ4v) is 2.77. The van der Waals surface area contributed by atoms with Crippen LogP contribution in [-0.4, -0.2) is 36.1 Å². The minimum Gasteiger partial charge on any atom is -0.377 e. The number of nitrogens with zero attached hydrogens (tertiary/aromatic N) is 1. The lowest BCUT2D eigenvalue weighted by molar-refractivity contribution is -0.0250. The van der Waals surface area contributed by atoms with Crippen LogP contribution in [-0.2, 0) is 4.74 Å². The largest absolute Gasteiger partial charge is 0.377 e. The predicted molar refractivity (Wildman–Crippen MR) is 75.0 cm³/mol. The summed E-state index contributed by atoms with van der Waals surface area (Å²) in [6.45, 7) is 4.95. The second-order valence-corrected chi connectivity index (χ2v) is 5.73. The maximum absolute atomic E-state index is 13.3. The van der Waals surface area contributed by atoms with Crippen molar-refractivity contribution in [3.8, 4) is 0 Å². The lowest BCUT2D eigenvalue weighted by Crippen LogP contribution is -2.52. The molecule has 5 heteroatoms. The molecule has 0 saturated carbocycles. The van der Waals surface area contributed by atoms with Crippen LogP contribution in [0.1, 0.15) is 24.2 Å². The molecule has 2 atom stereocenters. The fourth-order valence-electron chi connectivity index (χ4n) is 2.20. The van der Waals surface area contributed by atoms with E-state index in [-0.39, 0.29) is 23.8 Å². The van der Waals surface area contributed by atoms with Crippen molar-refractivity contribution >= 4 is 28.5 Å².